The Labute approximate surface area is 181 Å². The first-order valence-electron chi connectivity index (χ1n) is 10.1. The summed E-state index contributed by atoms with van der Waals surface area (Å²) in [5.41, 5.74) is 4.54. The molecule has 1 fully saturated rings. The first-order valence-corrected chi connectivity index (χ1v) is 11.0. The van der Waals surface area contributed by atoms with Crippen molar-refractivity contribution < 1.29 is 4.74 Å². The summed E-state index contributed by atoms with van der Waals surface area (Å²) in [6.45, 7) is 7.06. The number of hydrogen-bond acceptors (Lipinski definition) is 6. The van der Waals surface area contributed by atoms with Gasteiger partial charge in [0, 0.05) is 13.1 Å². The molecule has 0 aliphatic carbocycles. The van der Waals surface area contributed by atoms with E-state index in [1.807, 2.05) is 12.1 Å². The van der Waals surface area contributed by atoms with Gasteiger partial charge in [0.05, 0.1) is 25.0 Å². The molecule has 4 rings (SSSR count). The van der Waals surface area contributed by atoms with Crippen molar-refractivity contribution in [2.75, 3.05) is 31.2 Å². The third kappa shape index (κ3) is 4.50. The van der Waals surface area contributed by atoms with E-state index in [9.17, 15) is 5.26 Å². The van der Waals surface area contributed by atoms with Crippen molar-refractivity contribution >= 4 is 17.7 Å². The number of rotatable bonds is 6. The quantitative estimate of drug-likeness (QED) is 0.564. The number of benzene rings is 2. The molecule has 1 unspecified atom stereocenters. The van der Waals surface area contributed by atoms with Crippen LogP contribution in [0.15, 0.2) is 53.7 Å². The molecule has 1 aliphatic heterocycles. The standard InChI is InChI=1S/C23H25N5OS/c1-17-7-9-19(10-8-17)15-20(16-24)30-23-26-25-22(27-11-13-29-14-12-27)28(23)21-6-4-3-5-18(21)2/h3-10,20H,11-15H2,1-2H3. The van der Waals surface area contributed by atoms with E-state index < -0.39 is 0 Å². The highest BCUT2D eigenvalue weighted by molar-refractivity contribution is 8.00. The van der Waals surface area contributed by atoms with Crippen LogP contribution < -0.4 is 4.90 Å². The largest absolute Gasteiger partial charge is 0.378 e. The summed E-state index contributed by atoms with van der Waals surface area (Å²) in [6.07, 6.45) is 0.662. The van der Waals surface area contributed by atoms with Crippen molar-refractivity contribution in [3.8, 4) is 11.8 Å². The number of anilines is 1. The van der Waals surface area contributed by atoms with Crippen LogP contribution in [0.1, 0.15) is 16.7 Å². The van der Waals surface area contributed by atoms with Crippen molar-refractivity contribution in [1.82, 2.24) is 14.8 Å². The summed E-state index contributed by atoms with van der Waals surface area (Å²) in [5, 5.41) is 19.3. The Morgan fingerprint density at radius 3 is 2.50 bits per heavy atom. The zero-order valence-corrected chi connectivity index (χ0v) is 18.1. The van der Waals surface area contributed by atoms with Gasteiger partial charge in [-0.3, -0.25) is 4.57 Å². The van der Waals surface area contributed by atoms with Gasteiger partial charge in [-0.25, -0.2) is 0 Å². The highest BCUT2D eigenvalue weighted by atomic mass is 32.2. The number of aryl methyl sites for hydroxylation is 2. The molecule has 2 heterocycles. The minimum atomic E-state index is -0.253. The van der Waals surface area contributed by atoms with Gasteiger partial charge in [0.15, 0.2) is 5.16 Å². The van der Waals surface area contributed by atoms with Gasteiger partial charge >= 0.3 is 0 Å². The molecule has 0 saturated carbocycles. The Morgan fingerprint density at radius 2 is 1.80 bits per heavy atom. The Morgan fingerprint density at radius 1 is 1.07 bits per heavy atom. The molecule has 2 aromatic carbocycles. The van der Waals surface area contributed by atoms with E-state index in [0.29, 0.717) is 19.6 Å². The van der Waals surface area contributed by atoms with E-state index in [1.165, 1.54) is 17.3 Å². The van der Waals surface area contributed by atoms with Crippen molar-refractivity contribution in [1.29, 1.82) is 5.26 Å². The molecular weight excluding hydrogens is 394 g/mol. The number of morpholine rings is 1. The Bertz CT molecular complexity index is 1030. The van der Waals surface area contributed by atoms with Crippen molar-refractivity contribution in [3.05, 3.63) is 65.2 Å². The lowest BCUT2D eigenvalue weighted by Gasteiger charge is -2.28. The minimum absolute atomic E-state index is 0.253. The first kappa shape index (κ1) is 20.5. The molecule has 0 bridgehead atoms. The fourth-order valence-electron chi connectivity index (χ4n) is 3.51. The monoisotopic (exact) mass is 419 g/mol. The second kappa shape index (κ2) is 9.33. The van der Waals surface area contributed by atoms with Gasteiger partial charge in [0.25, 0.3) is 0 Å². The molecule has 0 spiro atoms. The molecule has 1 aromatic heterocycles. The Kier molecular flexibility index (Phi) is 6.36. The summed E-state index contributed by atoms with van der Waals surface area (Å²) < 4.78 is 7.59. The second-order valence-corrected chi connectivity index (χ2v) is 8.60. The number of hydrogen-bond donors (Lipinski definition) is 0. The normalized spacial score (nSPS) is 15.0. The molecule has 0 amide bonds. The molecule has 6 nitrogen and oxygen atoms in total. The van der Waals surface area contributed by atoms with Crippen LogP contribution in [0.4, 0.5) is 5.95 Å². The number of para-hydroxylation sites is 1. The average Bonchev–Trinajstić information content (AvgIpc) is 3.19. The maximum Gasteiger partial charge on any atom is 0.232 e. The number of nitrogens with zero attached hydrogens (tertiary/aromatic N) is 5. The minimum Gasteiger partial charge on any atom is -0.378 e. The fraction of sp³-hybridized carbons (Fsp3) is 0.348. The highest BCUT2D eigenvalue weighted by Gasteiger charge is 2.24. The lowest BCUT2D eigenvalue weighted by molar-refractivity contribution is 0.122. The number of aromatic nitrogens is 3. The fourth-order valence-corrected chi connectivity index (χ4v) is 4.47. The van der Waals surface area contributed by atoms with E-state index in [1.54, 1.807) is 0 Å². The lowest BCUT2D eigenvalue weighted by Crippen LogP contribution is -2.38. The summed E-state index contributed by atoms with van der Waals surface area (Å²) in [4.78, 5) is 2.20. The molecular formula is C23H25N5OS. The second-order valence-electron chi connectivity index (χ2n) is 7.43. The van der Waals surface area contributed by atoms with Gasteiger partial charge in [0.1, 0.15) is 5.25 Å². The van der Waals surface area contributed by atoms with Gasteiger partial charge in [0.2, 0.25) is 5.95 Å². The molecule has 0 N–H and O–H groups in total. The van der Waals surface area contributed by atoms with Crippen molar-refractivity contribution in [2.24, 2.45) is 0 Å². The smallest absolute Gasteiger partial charge is 0.232 e. The van der Waals surface area contributed by atoms with Crippen LogP contribution in [0.5, 0.6) is 0 Å². The van der Waals surface area contributed by atoms with E-state index in [-0.39, 0.29) is 5.25 Å². The van der Waals surface area contributed by atoms with Crippen LogP contribution in [0, 0.1) is 25.2 Å². The zero-order chi connectivity index (χ0) is 20.9. The highest BCUT2D eigenvalue weighted by Crippen LogP contribution is 2.32. The average molecular weight is 420 g/mol. The molecule has 3 aromatic rings. The molecule has 154 valence electrons. The van der Waals surface area contributed by atoms with Gasteiger partial charge in [-0.05, 0) is 37.5 Å². The number of ether oxygens (including phenoxy) is 1. The topological polar surface area (TPSA) is 67.0 Å². The molecule has 30 heavy (non-hydrogen) atoms. The van der Waals surface area contributed by atoms with Crippen LogP contribution in [0.2, 0.25) is 0 Å². The third-order valence-electron chi connectivity index (χ3n) is 5.20. The predicted octanol–water partition coefficient (Wildman–Crippen LogP) is 3.95. The van der Waals surface area contributed by atoms with Crippen LogP contribution in [-0.2, 0) is 11.2 Å². The van der Waals surface area contributed by atoms with E-state index in [4.69, 9.17) is 4.74 Å². The summed E-state index contributed by atoms with van der Waals surface area (Å²) >= 11 is 1.47. The molecule has 1 aliphatic rings. The maximum absolute atomic E-state index is 9.82. The first-order chi connectivity index (χ1) is 14.7. The predicted molar refractivity (Wildman–Crippen MR) is 119 cm³/mol. The molecule has 0 radical (unpaired) electrons. The molecule has 1 atom stereocenters. The Balaban J connectivity index is 1.66. The van der Waals surface area contributed by atoms with Crippen molar-refractivity contribution in [2.45, 2.75) is 30.7 Å². The third-order valence-corrected chi connectivity index (χ3v) is 6.23. The Hall–Kier alpha value is -2.82. The molecule has 7 heteroatoms. The van der Waals surface area contributed by atoms with Gasteiger partial charge in [-0.15, -0.1) is 10.2 Å². The van der Waals surface area contributed by atoms with E-state index in [0.717, 1.165) is 41.0 Å². The summed E-state index contributed by atoms with van der Waals surface area (Å²) in [5.74, 6) is 0.808. The van der Waals surface area contributed by atoms with E-state index in [2.05, 4.69) is 76.0 Å². The van der Waals surface area contributed by atoms with Crippen LogP contribution in [0.3, 0.4) is 0 Å². The molecule has 1 saturated heterocycles. The maximum atomic E-state index is 9.82. The van der Waals surface area contributed by atoms with Gasteiger partial charge in [-0.1, -0.05) is 59.8 Å². The number of nitriles is 1. The van der Waals surface area contributed by atoms with Crippen LogP contribution in [-0.4, -0.2) is 46.3 Å². The van der Waals surface area contributed by atoms with E-state index >= 15 is 0 Å². The number of thioether (sulfide) groups is 1. The van der Waals surface area contributed by atoms with Crippen molar-refractivity contribution in [3.63, 3.8) is 0 Å². The SMILES string of the molecule is Cc1ccc(CC(C#N)Sc2nnc(N3CCOCC3)n2-c2ccccc2C)cc1. The van der Waals surface area contributed by atoms with Gasteiger partial charge < -0.3 is 9.64 Å². The van der Waals surface area contributed by atoms with Crippen LogP contribution in [0.25, 0.3) is 5.69 Å². The zero-order valence-electron chi connectivity index (χ0n) is 17.3. The van der Waals surface area contributed by atoms with Crippen LogP contribution >= 0.6 is 11.8 Å². The van der Waals surface area contributed by atoms with Gasteiger partial charge in [-0.2, -0.15) is 5.26 Å². The summed E-state index contributed by atoms with van der Waals surface area (Å²) in [6, 6.07) is 19.0. The summed E-state index contributed by atoms with van der Waals surface area (Å²) in [7, 11) is 0. The lowest BCUT2D eigenvalue weighted by atomic mass is 10.1.